The highest BCUT2D eigenvalue weighted by molar-refractivity contribution is 7.90. The van der Waals surface area contributed by atoms with Crippen LogP contribution < -0.4 is 10.6 Å². The fourth-order valence-corrected chi connectivity index (χ4v) is 4.22. The molecule has 1 heterocycles. The molecule has 0 unspecified atom stereocenters. The van der Waals surface area contributed by atoms with Crippen LogP contribution >= 0.6 is 11.3 Å². The molecular formula is C18H21N5O4S2. The van der Waals surface area contributed by atoms with Crippen LogP contribution in [-0.2, 0) is 14.6 Å². The number of carbonyl (C=O) groups is 2. The molecule has 0 fully saturated rings. The van der Waals surface area contributed by atoms with Crippen LogP contribution in [0.1, 0.15) is 17.7 Å². The zero-order valence-electron chi connectivity index (χ0n) is 16.4. The van der Waals surface area contributed by atoms with Crippen LogP contribution in [0.2, 0.25) is 0 Å². The van der Waals surface area contributed by atoms with E-state index in [1.54, 1.807) is 27.1 Å². The summed E-state index contributed by atoms with van der Waals surface area (Å²) in [5, 5.41) is 14.8. The SMILES string of the molecule is Cc1nc(NC(=O)NCCC(=O)N(C)C)sc1-c1ccc(S(C)(=O)=O)c(C#N)c1. The monoisotopic (exact) mass is 435 g/mol. The lowest BCUT2D eigenvalue weighted by Gasteiger charge is -2.10. The number of benzene rings is 1. The molecule has 0 aliphatic carbocycles. The normalized spacial score (nSPS) is 10.9. The van der Waals surface area contributed by atoms with E-state index in [4.69, 9.17) is 0 Å². The smallest absolute Gasteiger partial charge is 0.321 e. The van der Waals surface area contributed by atoms with Gasteiger partial charge in [-0.1, -0.05) is 17.4 Å². The first kappa shape index (κ1) is 22.3. The number of sulfone groups is 1. The molecule has 0 aliphatic heterocycles. The molecule has 0 spiro atoms. The zero-order valence-corrected chi connectivity index (χ0v) is 18.1. The summed E-state index contributed by atoms with van der Waals surface area (Å²) in [5.74, 6) is -0.0940. The van der Waals surface area contributed by atoms with E-state index in [-0.39, 0.29) is 29.3 Å². The molecule has 3 amide bonds. The van der Waals surface area contributed by atoms with E-state index in [1.807, 2.05) is 6.07 Å². The predicted molar refractivity (Wildman–Crippen MR) is 110 cm³/mol. The number of hydrogen-bond donors (Lipinski definition) is 2. The molecule has 9 nitrogen and oxygen atoms in total. The zero-order chi connectivity index (χ0) is 21.8. The quantitative estimate of drug-likeness (QED) is 0.713. The van der Waals surface area contributed by atoms with E-state index in [2.05, 4.69) is 15.6 Å². The molecule has 2 rings (SSSR count). The third-order valence-electron chi connectivity index (χ3n) is 3.90. The molecule has 154 valence electrons. The fraction of sp³-hybridized carbons (Fsp3) is 0.333. The molecule has 2 N–H and O–H groups in total. The molecule has 2 aromatic rings. The van der Waals surface area contributed by atoms with Gasteiger partial charge in [0.05, 0.1) is 21.0 Å². The number of carbonyl (C=O) groups excluding carboxylic acids is 2. The highest BCUT2D eigenvalue weighted by Crippen LogP contribution is 2.34. The number of aromatic nitrogens is 1. The first-order valence-electron chi connectivity index (χ1n) is 8.50. The molecule has 0 radical (unpaired) electrons. The topological polar surface area (TPSA) is 132 Å². The first-order valence-corrected chi connectivity index (χ1v) is 11.2. The van der Waals surface area contributed by atoms with Gasteiger partial charge in [-0.15, -0.1) is 0 Å². The van der Waals surface area contributed by atoms with Gasteiger partial charge >= 0.3 is 6.03 Å². The van der Waals surface area contributed by atoms with Crippen molar-refractivity contribution in [3.63, 3.8) is 0 Å². The summed E-state index contributed by atoms with van der Waals surface area (Å²) in [6.45, 7) is 1.94. The van der Waals surface area contributed by atoms with Crippen LogP contribution in [0.25, 0.3) is 10.4 Å². The van der Waals surface area contributed by atoms with E-state index in [0.29, 0.717) is 21.3 Å². The second kappa shape index (κ2) is 9.02. The second-order valence-corrected chi connectivity index (χ2v) is 9.43. The highest BCUT2D eigenvalue weighted by atomic mass is 32.2. The molecule has 1 aromatic carbocycles. The number of amides is 3. The van der Waals surface area contributed by atoms with E-state index >= 15 is 0 Å². The van der Waals surface area contributed by atoms with Gasteiger partial charge in [0, 0.05) is 33.3 Å². The first-order chi connectivity index (χ1) is 13.5. The number of aryl methyl sites for hydroxylation is 1. The van der Waals surface area contributed by atoms with Crippen LogP contribution in [0.5, 0.6) is 0 Å². The maximum absolute atomic E-state index is 12.0. The summed E-state index contributed by atoms with van der Waals surface area (Å²) >= 11 is 1.20. The Morgan fingerprint density at radius 3 is 2.59 bits per heavy atom. The molecule has 0 saturated heterocycles. The van der Waals surface area contributed by atoms with Gasteiger partial charge in [0.15, 0.2) is 15.0 Å². The summed E-state index contributed by atoms with van der Waals surface area (Å²) < 4.78 is 23.6. The lowest BCUT2D eigenvalue weighted by atomic mass is 10.1. The number of nitrogens with one attached hydrogen (secondary N) is 2. The lowest BCUT2D eigenvalue weighted by Crippen LogP contribution is -2.33. The van der Waals surface area contributed by atoms with Gasteiger partial charge in [-0.05, 0) is 24.6 Å². The van der Waals surface area contributed by atoms with Crippen molar-refractivity contribution in [3.05, 3.63) is 29.5 Å². The summed E-state index contributed by atoms with van der Waals surface area (Å²) in [6, 6.07) is 5.91. The standard InChI is InChI=1S/C18H21N5O4S2/c1-11-16(12-5-6-14(29(4,26)27)13(9-12)10-19)28-18(21-11)22-17(25)20-8-7-15(24)23(2)3/h5-6,9H,7-8H2,1-4H3,(H2,20,21,22,25). The van der Waals surface area contributed by atoms with Gasteiger partial charge in [0.2, 0.25) is 5.91 Å². The van der Waals surface area contributed by atoms with Crippen molar-refractivity contribution in [2.24, 2.45) is 0 Å². The van der Waals surface area contributed by atoms with Gasteiger partial charge in [-0.2, -0.15) is 5.26 Å². The molecule has 1 aromatic heterocycles. The Kier molecular flexibility index (Phi) is 6.94. The number of rotatable bonds is 6. The average Bonchev–Trinajstić information content (AvgIpc) is 3.00. The van der Waals surface area contributed by atoms with E-state index < -0.39 is 15.9 Å². The third kappa shape index (κ3) is 5.75. The number of nitrogens with zero attached hydrogens (tertiary/aromatic N) is 3. The number of nitriles is 1. The van der Waals surface area contributed by atoms with Crippen molar-refractivity contribution < 1.29 is 18.0 Å². The Bertz CT molecular complexity index is 1080. The average molecular weight is 436 g/mol. The maximum Gasteiger partial charge on any atom is 0.321 e. The molecule has 0 atom stereocenters. The van der Waals surface area contributed by atoms with Crippen molar-refractivity contribution in [2.75, 3.05) is 32.2 Å². The van der Waals surface area contributed by atoms with Gasteiger partial charge in [0.25, 0.3) is 0 Å². The fourth-order valence-electron chi connectivity index (χ4n) is 2.45. The van der Waals surface area contributed by atoms with Gasteiger partial charge in [-0.25, -0.2) is 18.2 Å². The van der Waals surface area contributed by atoms with Gasteiger partial charge < -0.3 is 10.2 Å². The molecule has 29 heavy (non-hydrogen) atoms. The van der Waals surface area contributed by atoms with Crippen molar-refractivity contribution in [3.8, 4) is 16.5 Å². The Labute approximate surface area is 173 Å². The van der Waals surface area contributed by atoms with Gasteiger partial charge in [-0.3, -0.25) is 10.1 Å². The Morgan fingerprint density at radius 1 is 1.31 bits per heavy atom. The molecule has 0 aliphatic rings. The third-order valence-corrected chi connectivity index (χ3v) is 6.18. The van der Waals surface area contributed by atoms with Crippen molar-refractivity contribution in [1.29, 1.82) is 5.26 Å². The van der Waals surface area contributed by atoms with E-state index in [9.17, 15) is 23.3 Å². The largest absolute Gasteiger partial charge is 0.349 e. The summed E-state index contributed by atoms with van der Waals surface area (Å²) in [6.07, 6.45) is 1.24. The van der Waals surface area contributed by atoms with Crippen molar-refractivity contribution in [2.45, 2.75) is 18.2 Å². The number of thiazole rings is 1. The Balaban J connectivity index is 2.14. The number of urea groups is 1. The summed E-state index contributed by atoms with van der Waals surface area (Å²) in [4.78, 5) is 29.9. The van der Waals surface area contributed by atoms with Crippen LogP contribution in [-0.4, -0.2) is 57.1 Å². The second-order valence-electron chi connectivity index (χ2n) is 6.45. The van der Waals surface area contributed by atoms with Crippen LogP contribution in [0, 0.1) is 18.3 Å². The maximum atomic E-state index is 12.0. The van der Waals surface area contributed by atoms with Crippen LogP contribution in [0.3, 0.4) is 0 Å². The molecule has 11 heteroatoms. The Morgan fingerprint density at radius 2 is 2.00 bits per heavy atom. The molecule has 0 saturated carbocycles. The van der Waals surface area contributed by atoms with E-state index in [1.165, 1.54) is 28.4 Å². The Hall–Kier alpha value is -2.97. The summed E-state index contributed by atoms with van der Waals surface area (Å²) in [5.41, 5.74) is 1.31. The van der Waals surface area contributed by atoms with Crippen LogP contribution in [0.15, 0.2) is 23.1 Å². The number of hydrogen-bond acceptors (Lipinski definition) is 7. The lowest BCUT2D eigenvalue weighted by molar-refractivity contribution is -0.128. The van der Waals surface area contributed by atoms with Crippen LogP contribution in [0.4, 0.5) is 9.93 Å². The minimum atomic E-state index is -3.51. The summed E-state index contributed by atoms with van der Waals surface area (Å²) in [7, 11) is -0.230. The number of anilines is 1. The van der Waals surface area contributed by atoms with Crippen molar-refractivity contribution >= 4 is 38.2 Å². The molecule has 0 bridgehead atoms. The minimum Gasteiger partial charge on any atom is -0.349 e. The highest BCUT2D eigenvalue weighted by Gasteiger charge is 2.17. The minimum absolute atomic E-state index is 0.0316. The molecular weight excluding hydrogens is 414 g/mol. The van der Waals surface area contributed by atoms with Crippen molar-refractivity contribution in [1.82, 2.24) is 15.2 Å². The van der Waals surface area contributed by atoms with E-state index in [0.717, 1.165) is 6.26 Å². The van der Waals surface area contributed by atoms with Gasteiger partial charge in [0.1, 0.15) is 6.07 Å². The predicted octanol–water partition coefficient (Wildman–Crippen LogP) is 1.99.